The third-order valence-electron chi connectivity index (χ3n) is 4.17. The number of nitrogens with zero attached hydrogens (tertiary/aromatic N) is 3. The van der Waals surface area contributed by atoms with Gasteiger partial charge in [-0.05, 0) is 38.5 Å². The molecule has 0 saturated heterocycles. The molecular weight excluding hydrogens is 322 g/mol. The zero-order valence-corrected chi connectivity index (χ0v) is 14.4. The molecule has 0 aliphatic heterocycles. The molecule has 0 spiro atoms. The lowest BCUT2D eigenvalue weighted by Crippen LogP contribution is -2.30. The Morgan fingerprint density at radius 3 is 2.88 bits per heavy atom. The van der Waals surface area contributed by atoms with E-state index in [1.165, 1.54) is 4.88 Å². The van der Waals surface area contributed by atoms with E-state index in [1.807, 2.05) is 19.9 Å². The smallest absolute Gasteiger partial charge is 0.260 e. The lowest BCUT2D eigenvalue weighted by molar-refractivity contribution is 0.0988. The minimum atomic E-state index is -0.0467. The molecule has 3 heterocycles. The van der Waals surface area contributed by atoms with Crippen molar-refractivity contribution in [2.75, 3.05) is 11.4 Å². The number of hydrogen-bond donors (Lipinski definition) is 0. The summed E-state index contributed by atoms with van der Waals surface area (Å²) >= 11 is 1.60. The quantitative estimate of drug-likeness (QED) is 0.727. The average molecular weight is 339 g/mol. The number of aromatic nitrogens is 2. The van der Waals surface area contributed by atoms with Gasteiger partial charge in [0, 0.05) is 41.4 Å². The van der Waals surface area contributed by atoms with Crippen LogP contribution >= 0.6 is 11.3 Å². The molecule has 3 aromatic heterocycles. The van der Waals surface area contributed by atoms with E-state index in [1.54, 1.807) is 40.8 Å². The van der Waals surface area contributed by atoms with Gasteiger partial charge in [-0.1, -0.05) is 0 Å². The number of anilines is 1. The first-order chi connectivity index (χ1) is 11.7. The molecule has 0 atom stereocenters. The molecule has 24 heavy (non-hydrogen) atoms. The molecule has 5 nitrogen and oxygen atoms in total. The molecule has 4 rings (SSSR count). The van der Waals surface area contributed by atoms with Gasteiger partial charge in [0.1, 0.15) is 11.5 Å². The summed E-state index contributed by atoms with van der Waals surface area (Å²) in [6.07, 6.45) is 5.07. The Kier molecular flexibility index (Phi) is 3.69. The van der Waals surface area contributed by atoms with E-state index in [0.29, 0.717) is 12.1 Å². The van der Waals surface area contributed by atoms with Gasteiger partial charge >= 0.3 is 0 Å². The second kappa shape index (κ2) is 5.87. The Balaban J connectivity index is 1.72. The van der Waals surface area contributed by atoms with E-state index in [0.717, 1.165) is 40.8 Å². The highest BCUT2D eigenvalue weighted by atomic mass is 32.1. The van der Waals surface area contributed by atoms with Gasteiger partial charge in [0.05, 0.1) is 5.69 Å². The molecule has 6 heteroatoms. The van der Waals surface area contributed by atoms with Crippen molar-refractivity contribution in [3.8, 4) is 11.3 Å². The van der Waals surface area contributed by atoms with Gasteiger partial charge in [-0.15, -0.1) is 11.3 Å². The Bertz CT molecular complexity index is 898. The van der Waals surface area contributed by atoms with Crippen LogP contribution in [0.15, 0.2) is 35.0 Å². The van der Waals surface area contributed by atoms with Crippen molar-refractivity contribution in [2.45, 2.75) is 26.7 Å². The molecule has 1 aliphatic carbocycles. The van der Waals surface area contributed by atoms with Crippen LogP contribution in [0.1, 0.15) is 33.7 Å². The molecule has 0 saturated carbocycles. The predicted molar refractivity (Wildman–Crippen MR) is 93.5 cm³/mol. The SMILES string of the molecule is CCN(C(=O)c1ccncc1)c1nc2c(s1)CCc1oc(C)cc1-2. The summed E-state index contributed by atoms with van der Waals surface area (Å²) in [5.41, 5.74) is 2.66. The third kappa shape index (κ3) is 2.43. The number of hydrogen-bond acceptors (Lipinski definition) is 5. The maximum atomic E-state index is 12.8. The zero-order valence-electron chi connectivity index (χ0n) is 13.6. The molecule has 0 bridgehead atoms. The molecule has 0 N–H and O–H groups in total. The summed E-state index contributed by atoms with van der Waals surface area (Å²) in [6.45, 7) is 4.49. The first kappa shape index (κ1) is 15.1. The summed E-state index contributed by atoms with van der Waals surface area (Å²) in [5.74, 6) is 1.86. The summed E-state index contributed by atoms with van der Waals surface area (Å²) in [4.78, 5) is 24.5. The van der Waals surface area contributed by atoms with Crippen LogP contribution in [-0.4, -0.2) is 22.4 Å². The van der Waals surface area contributed by atoms with Crippen molar-refractivity contribution in [3.05, 3.63) is 52.6 Å². The number of thiazole rings is 1. The van der Waals surface area contributed by atoms with Crippen molar-refractivity contribution >= 4 is 22.4 Å². The van der Waals surface area contributed by atoms with Crippen molar-refractivity contribution < 1.29 is 9.21 Å². The lowest BCUT2D eigenvalue weighted by Gasteiger charge is -2.17. The number of carbonyl (C=O) groups is 1. The molecule has 1 aliphatic rings. The third-order valence-corrected chi connectivity index (χ3v) is 5.31. The van der Waals surface area contributed by atoms with Crippen LogP contribution in [0.3, 0.4) is 0 Å². The predicted octanol–water partition coefficient (Wildman–Crippen LogP) is 3.87. The van der Waals surface area contributed by atoms with Gasteiger partial charge in [-0.3, -0.25) is 14.7 Å². The largest absolute Gasteiger partial charge is 0.466 e. The molecule has 3 aromatic rings. The highest BCUT2D eigenvalue weighted by Crippen LogP contribution is 2.40. The Morgan fingerprint density at radius 2 is 2.12 bits per heavy atom. The summed E-state index contributed by atoms with van der Waals surface area (Å²) in [5, 5.41) is 0.746. The fourth-order valence-electron chi connectivity index (χ4n) is 3.03. The van der Waals surface area contributed by atoms with Crippen LogP contribution in [0, 0.1) is 6.92 Å². The summed E-state index contributed by atoms with van der Waals surface area (Å²) in [7, 11) is 0. The molecule has 122 valence electrons. The van der Waals surface area contributed by atoms with E-state index in [4.69, 9.17) is 9.40 Å². The Hall–Kier alpha value is -2.47. The minimum absolute atomic E-state index is 0.0467. The second-order valence-corrected chi connectivity index (χ2v) is 6.81. The first-order valence-corrected chi connectivity index (χ1v) is 8.80. The van der Waals surface area contributed by atoms with Gasteiger partial charge in [0.2, 0.25) is 0 Å². The summed E-state index contributed by atoms with van der Waals surface area (Å²) in [6, 6.07) is 5.50. The van der Waals surface area contributed by atoms with Gasteiger partial charge in [-0.25, -0.2) is 4.98 Å². The number of fused-ring (bicyclic) bond motifs is 3. The van der Waals surface area contributed by atoms with E-state index in [-0.39, 0.29) is 5.91 Å². The van der Waals surface area contributed by atoms with Crippen molar-refractivity contribution in [3.63, 3.8) is 0 Å². The van der Waals surface area contributed by atoms with Gasteiger partial charge in [0.15, 0.2) is 5.13 Å². The molecule has 0 aromatic carbocycles. The van der Waals surface area contributed by atoms with Crippen LogP contribution in [0.2, 0.25) is 0 Å². The zero-order chi connectivity index (χ0) is 16.7. The van der Waals surface area contributed by atoms with E-state index in [2.05, 4.69) is 4.98 Å². The minimum Gasteiger partial charge on any atom is -0.466 e. The second-order valence-electron chi connectivity index (χ2n) is 5.75. The van der Waals surface area contributed by atoms with E-state index < -0.39 is 0 Å². The average Bonchev–Trinajstić information content (AvgIpc) is 3.18. The van der Waals surface area contributed by atoms with Crippen LogP contribution < -0.4 is 4.90 Å². The standard InChI is InChI=1S/C18H17N3O2S/c1-3-21(17(22)12-6-8-19-9-7-12)18-20-16-13-10-11(2)23-14(13)4-5-15(16)24-18/h6-10H,3-5H2,1-2H3. The van der Waals surface area contributed by atoms with Crippen molar-refractivity contribution in [1.29, 1.82) is 0 Å². The highest BCUT2D eigenvalue weighted by Gasteiger charge is 2.27. The number of amides is 1. The van der Waals surface area contributed by atoms with Crippen LogP contribution in [-0.2, 0) is 12.8 Å². The van der Waals surface area contributed by atoms with Crippen LogP contribution in [0.4, 0.5) is 5.13 Å². The Labute approximate surface area is 144 Å². The summed E-state index contributed by atoms with van der Waals surface area (Å²) < 4.78 is 5.75. The number of carbonyl (C=O) groups excluding carboxylic acids is 1. The fourth-order valence-corrected chi connectivity index (χ4v) is 4.16. The topological polar surface area (TPSA) is 59.2 Å². The molecule has 0 fully saturated rings. The van der Waals surface area contributed by atoms with Crippen LogP contribution in [0.25, 0.3) is 11.3 Å². The van der Waals surface area contributed by atoms with Gasteiger partial charge in [-0.2, -0.15) is 0 Å². The number of furan rings is 1. The van der Waals surface area contributed by atoms with Crippen molar-refractivity contribution in [1.82, 2.24) is 9.97 Å². The first-order valence-electron chi connectivity index (χ1n) is 7.98. The molecule has 1 amide bonds. The number of aryl methyl sites for hydroxylation is 3. The lowest BCUT2D eigenvalue weighted by atomic mass is 10.0. The molecule has 0 radical (unpaired) electrons. The van der Waals surface area contributed by atoms with E-state index >= 15 is 0 Å². The fraction of sp³-hybridized carbons (Fsp3) is 0.278. The molecular formula is C18H17N3O2S. The van der Waals surface area contributed by atoms with E-state index in [9.17, 15) is 4.79 Å². The van der Waals surface area contributed by atoms with Crippen LogP contribution in [0.5, 0.6) is 0 Å². The molecule has 0 unspecified atom stereocenters. The van der Waals surface area contributed by atoms with Crippen molar-refractivity contribution in [2.24, 2.45) is 0 Å². The normalized spacial score (nSPS) is 12.6. The maximum absolute atomic E-state index is 12.8. The maximum Gasteiger partial charge on any atom is 0.260 e. The number of pyridine rings is 1. The number of rotatable bonds is 3. The Morgan fingerprint density at radius 1 is 1.33 bits per heavy atom. The highest BCUT2D eigenvalue weighted by molar-refractivity contribution is 7.16. The monoisotopic (exact) mass is 339 g/mol. The van der Waals surface area contributed by atoms with Gasteiger partial charge < -0.3 is 4.42 Å². The van der Waals surface area contributed by atoms with Gasteiger partial charge in [0.25, 0.3) is 5.91 Å².